The minimum Gasteiger partial charge on any atom is -0.281 e. The zero-order chi connectivity index (χ0) is 19.4. The Labute approximate surface area is 167 Å². The molecule has 28 heavy (non-hydrogen) atoms. The van der Waals surface area contributed by atoms with Gasteiger partial charge in [-0.2, -0.15) is 0 Å². The molecule has 2 amide bonds. The highest BCUT2D eigenvalue weighted by Gasteiger charge is 2.59. The monoisotopic (exact) mass is 389 g/mol. The van der Waals surface area contributed by atoms with Gasteiger partial charge in [0.1, 0.15) is 0 Å². The Bertz CT molecular complexity index is 996. The van der Waals surface area contributed by atoms with Gasteiger partial charge in [0.15, 0.2) is 0 Å². The predicted octanol–water partition coefficient (Wildman–Crippen LogP) is 4.24. The number of carbonyl (C=O) groups is 3. The number of imide groups is 1. The summed E-state index contributed by atoms with van der Waals surface area (Å²) in [6.07, 6.45) is 5.07. The van der Waals surface area contributed by atoms with E-state index < -0.39 is 0 Å². The van der Waals surface area contributed by atoms with E-state index in [0.29, 0.717) is 11.3 Å². The van der Waals surface area contributed by atoms with Crippen LogP contribution in [0.4, 0.5) is 5.69 Å². The molecule has 0 aromatic heterocycles. The van der Waals surface area contributed by atoms with Crippen molar-refractivity contribution in [1.29, 1.82) is 0 Å². The molecule has 4 atom stereocenters. The van der Waals surface area contributed by atoms with E-state index in [1.807, 2.05) is 31.2 Å². The van der Waals surface area contributed by atoms with Crippen LogP contribution in [0.3, 0.4) is 0 Å². The average Bonchev–Trinajstić information content (AvgIpc) is 3.37. The highest BCUT2D eigenvalue weighted by molar-refractivity contribution is 8.14. The summed E-state index contributed by atoms with van der Waals surface area (Å²) in [7, 11) is 0. The molecule has 2 bridgehead atoms. The van der Waals surface area contributed by atoms with E-state index in [-0.39, 0.29) is 40.6 Å². The number of amides is 2. The van der Waals surface area contributed by atoms with Gasteiger partial charge < -0.3 is 0 Å². The van der Waals surface area contributed by atoms with E-state index in [9.17, 15) is 14.4 Å². The summed E-state index contributed by atoms with van der Waals surface area (Å²) in [6.45, 7) is 2.00. The van der Waals surface area contributed by atoms with Gasteiger partial charge in [0.05, 0.1) is 17.5 Å². The summed E-state index contributed by atoms with van der Waals surface area (Å²) in [5, 5.41) is -0.105. The van der Waals surface area contributed by atoms with Crippen molar-refractivity contribution in [3.63, 3.8) is 0 Å². The van der Waals surface area contributed by atoms with E-state index in [1.165, 1.54) is 4.90 Å². The molecule has 3 aliphatic rings. The van der Waals surface area contributed by atoms with Gasteiger partial charge >= 0.3 is 0 Å². The van der Waals surface area contributed by atoms with Crippen molar-refractivity contribution in [3.05, 3.63) is 71.8 Å². The SMILES string of the molecule is Cc1ccc(SC(=O)c2cccc(N3C(=O)[C@H]4[C@H](C3=O)[C@H]3C=C[C@H]4C3)c2)cc1. The molecule has 1 heterocycles. The number of hydrogen-bond acceptors (Lipinski definition) is 4. The summed E-state index contributed by atoms with van der Waals surface area (Å²) in [6, 6.07) is 14.6. The van der Waals surface area contributed by atoms with Crippen molar-refractivity contribution in [2.24, 2.45) is 23.7 Å². The number of nitrogens with zero attached hydrogens (tertiary/aromatic N) is 1. The lowest BCUT2D eigenvalue weighted by molar-refractivity contribution is -0.123. The number of benzene rings is 2. The van der Waals surface area contributed by atoms with Crippen LogP contribution in [0.2, 0.25) is 0 Å². The zero-order valence-electron chi connectivity index (χ0n) is 15.4. The Morgan fingerprint density at radius 1 is 0.964 bits per heavy atom. The molecule has 2 fully saturated rings. The Kier molecular flexibility index (Phi) is 4.02. The molecule has 1 aliphatic heterocycles. The van der Waals surface area contributed by atoms with Gasteiger partial charge in [-0.1, -0.05) is 42.0 Å². The lowest BCUT2D eigenvalue weighted by atomic mass is 9.85. The fraction of sp³-hybridized carbons (Fsp3) is 0.261. The maximum atomic E-state index is 13.0. The van der Waals surface area contributed by atoms with Gasteiger partial charge in [-0.05, 0) is 61.2 Å². The summed E-state index contributed by atoms with van der Waals surface area (Å²) in [4.78, 5) is 40.8. The molecule has 5 heteroatoms. The van der Waals surface area contributed by atoms with Crippen molar-refractivity contribution in [3.8, 4) is 0 Å². The first-order chi connectivity index (χ1) is 13.5. The first kappa shape index (κ1) is 17.4. The van der Waals surface area contributed by atoms with Gasteiger partial charge in [-0.25, -0.2) is 4.90 Å². The smallest absolute Gasteiger partial charge is 0.238 e. The van der Waals surface area contributed by atoms with Crippen molar-refractivity contribution in [2.45, 2.75) is 18.2 Å². The maximum absolute atomic E-state index is 13.0. The van der Waals surface area contributed by atoms with Crippen molar-refractivity contribution >= 4 is 34.4 Å². The van der Waals surface area contributed by atoms with E-state index in [0.717, 1.165) is 28.6 Å². The molecule has 140 valence electrons. The van der Waals surface area contributed by atoms with Gasteiger partial charge in [-0.3, -0.25) is 14.4 Å². The van der Waals surface area contributed by atoms with E-state index in [1.54, 1.807) is 24.3 Å². The number of aryl methyl sites for hydroxylation is 1. The number of anilines is 1. The Balaban J connectivity index is 1.40. The van der Waals surface area contributed by atoms with Gasteiger partial charge in [0.25, 0.3) is 0 Å². The average molecular weight is 389 g/mol. The molecular weight excluding hydrogens is 370 g/mol. The van der Waals surface area contributed by atoms with Gasteiger partial charge in [-0.15, -0.1) is 0 Å². The Morgan fingerprint density at radius 3 is 2.25 bits per heavy atom. The molecule has 2 aromatic rings. The number of hydrogen-bond donors (Lipinski definition) is 0. The molecule has 2 aliphatic carbocycles. The maximum Gasteiger partial charge on any atom is 0.238 e. The number of carbonyl (C=O) groups excluding carboxylic acids is 3. The number of thioether (sulfide) groups is 1. The van der Waals surface area contributed by atoms with Crippen LogP contribution < -0.4 is 4.90 Å². The lowest BCUT2D eigenvalue weighted by Crippen LogP contribution is -2.32. The van der Waals surface area contributed by atoms with Crippen LogP contribution in [-0.2, 0) is 9.59 Å². The molecular formula is C23H19NO3S. The van der Waals surface area contributed by atoms with Gasteiger partial charge in [0, 0.05) is 10.5 Å². The molecule has 2 aromatic carbocycles. The van der Waals surface area contributed by atoms with E-state index >= 15 is 0 Å². The normalized spacial score (nSPS) is 27.5. The van der Waals surface area contributed by atoms with Crippen molar-refractivity contribution in [1.82, 2.24) is 0 Å². The second kappa shape index (κ2) is 6.45. The quantitative estimate of drug-likeness (QED) is 0.448. The minimum atomic E-state index is -0.233. The van der Waals surface area contributed by atoms with E-state index in [4.69, 9.17) is 0 Å². The number of allylic oxidation sites excluding steroid dienone is 2. The third-order valence-electron chi connectivity index (χ3n) is 6.04. The topological polar surface area (TPSA) is 54.5 Å². The molecule has 4 nitrogen and oxygen atoms in total. The summed E-state index contributed by atoms with van der Waals surface area (Å²) in [5.41, 5.74) is 2.12. The van der Waals surface area contributed by atoms with Crippen LogP contribution in [0.5, 0.6) is 0 Å². The first-order valence-corrected chi connectivity index (χ1v) is 10.3. The van der Waals surface area contributed by atoms with E-state index in [2.05, 4.69) is 12.2 Å². The second-order valence-corrected chi connectivity index (χ2v) is 8.81. The lowest BCUT2D eigenvalue weighted by Gasteiger charge is -2.18. The van der Waals surface area contributed by atoms with Crippen LogP contribution >= 0.6 is 11.8 Å². The molecule has 0 unspecified atom stereocenters. The number of rotatable bonds is 3. The molecule has 0 N–H and O–H groups in total. The number of fused-ring (bicyclic) bond motifs is 5. The second-order valence-electron chi connectivity index (χ2n) is 7.76. The minimum absolute atomic E-state index is 0.105. The van der Waals surface area contributed by atoms with Crippen molar-refractivity contribution < 1.29 is 14.4 Å². The molecule has 0 spiro atoms. The fourth-order valence-electron chi connectivity index (χ4n) is 4.70. The molecule has 0 radical (unpaired) electrons. The predicted molar refractivity (Wildman–Crippen MR) is 108 cm³/mol. The van der Waals surface area contributed by atoms with Crippen LogP contribution in [-0.4, -0.2) is 16.9 Å². The third kappa shape index (κ3) is 2.65. The molecule has 1 saturated heterocycles. The van der Waals surface area contributed by atoms with Crippen LogP contribution in [0.15, 0.2) is 65.6 Å². The largest absolute Gasteiger partial charge is 0.281 e. The fourth-order valence-corrected chi connectivity index (χ4v) is 5.43. The van der Waals surface area contributed by atoms with Crippen LogP contribution in [0, 0.1) is 30.6 Å². The first-order valence-electron chi connectivity index (χ1n) is 9.48. The highest BCUT2D eigenvalue weighted by Crippen LogP contribution is 2.53. The molecule has 5 rings (SSSR count). The molecule has 1 saturated carbocycles. The van der Waals surface area contributed by atoms with Gasteiger partial charge in [0.2, 0.25) is 16.9 Å². The zero-order valence-corrected chi connectivity index (χ0v) is 16.2. The van der Waals surface area contributed by atoms with Crippen LogP contribution in [0.1, 0.15) is 22.3 Å². The Morgan fingerprint density at radius 2 is 1.61 bits per heavy atom. The standard InChI is InChI=1S/C23H19NO3S/c1-13-5-9-18(10-6-13)28-23(27)16-3-2-4-17(12-16)24-21(25)19-14-7-8-15(11-14)20(19)22(24)26/h2-10,12,14-15,19-20H,11H2,1H3/t14-,15-,19+,20+/m0/s1. The summed E-state index contributed by atoms with van der Waals surface area (Å²) < 4.78 is 0. The third-order valence-corrected chi connectivity index (χ3v) is 6.97. The summed E-state index contributed by atoms with van der Waals surface area (Å²) in [5.74, 6) is -0.352. The van der Waals surface area contributed by atoms with Crippen molar-refractivity contribution in [2.75, 3.05) is 4.90 Å². The summed E-state index contributed by atoms with van der Waals surface area (Å²) >= 11 is 1.15. The highest BCUT2D eigenvalue weighted by atomic mass is 32.2. The Hall–Kier alpha value is -2.66. The van der Waals surface area contributed by atoms with Crippen LogP contribution in [0.25, 0.3) is 0 Å².